The number of amides is 2. The maximum absolute atomic E-state index is 13.0. The summed E-state index contributed by atoms with van der Waals surface area (Å²) < 4.78 is 0. The standard InChI is InChI=1S/C22H35N3O2/c1-15(2)12-20(26)23-17-8-11-19(24(6)7)16(13-17)14-25(18-9-10-18)21(27)22(3,4)5/h8,11,13,15,18H,9-10,12,14H2,1-7H3,(H,23,26). The Kier molecular flexibility index (Phi) is 6.55. The summed E-state index contributed by atoms with van der Waals surface area (Å²) in [7, 11) is 4.01. The first kappa shape index (κ1) is 21.3. The number of anilines is 2. The van der Waals surface area contributed by atoms with Crippen molar-refractivity contribution in [3.05, 3.63) is 23.8 Å². The molecule has 0 heterocycles. The van der Waals surface area contributed by atoms with Crippen LogP contribution < -0.4 is 10.2 Å². The molecular weight excluding hydrogens is 338 g/mol. The first-order valence-electron chi connectivity index (χ1n) is 9.90. The molecule has 0 spiro atoms. The van der Waals surface area contributed by atoms with Gasteiger partial charge >= 0.3 is 0 Å². The molecule has 0 saturated heterocycles. The molecule has 0 radical (unpaired) electrons. The van der Waals surface area contributed by atoms with Crippen molar-refractivity contribution in [1.29, 1.82) is 0 Å². The zero-order valence-electron chi connectivity index (χ0n) is 17.9. The van der Waals surface area contributed by atoms with Crippen LogP contribution in [0.2, 0.25) is 0 Å². The van der Waals surface area contributed by atoms with Gasteiger partial charge in [-0.2, -0.15) is 0 Å². The molecule has 0 aromatic heterocycles. The Morgan fingerprint density at radius 2 is 1.81 bits per heavy atom. The molecule has 0 aliphatic heterocycles. The molecule has 1 aliphatic carbocycles. The summed E-state index contributed by atoms with van der Waals surface area (Å²) in [5.74, 6) is 0.530. The molecule has 1 N–H and O–H groups in total. The summed E-state index contributed by atoms with van der Waals surface area (Å²) in [5, 5.41) is 3.00. The molecule has 5 nitrogen and oxygen atoms in total. The first-order chi connectivity index (χ1) is 12.5. The number of nitrogens with zero attached hydrogens (tertiary/aromatic N) is 2. The Balaban J connectivity index is 2.27. The minimum atomic E-state index is -0.399. The van der Waals surface area contributed by atoms with Gasteiger partial charge in [-0.15, -0.1) is 0 Å². The summed E-state index contributed by atoms with van der Waals surface area (Å²) >= 11 is 0. The number of carbonyl (C=O) groups excluding carboxylic acids is 2. The number of benzene rings is 1. The highest BCUT2D eigenvalue weighted by Gasteiger charge is 2.37. The SMILES string of the molecule is CC(C)CC(=O)Nc1ccc(N(C)C)c(CN(C(=O)C(C)(C)C)C2CC2)c1. The summed E-state index contributed by atoms with van der Waals surface area (Å²) in [6, 6.07) is 6.31. The van der Waals surface area contributed by atoms with Gasteiger partial charge in [0, 0.05) is 49.9 Å². The van der Waals surface area contributed by atoms with E-state index >= 15 is 0 Å². The summed E-state index contributed by atoms with van der Waals surface area (Å²) in [5.41, 5.74) is 2.53. The van der Waals surface area contributed by atoms with Gasteiger partial charge in [-0.3, -0.25) is 9.59 Å². The lowest BCUT2D eigenvalue weighted by atomic mass is 9.94. The van der Waals surface area contributed by atoms with Crippen molar-refractivity contribution < 1.29 is 9.59 Å². The van der Waals surface area contributed by atoms with Gasteiger partial charge < -0.3 is 15.1 Å². The van der Waals surface area contributed by atoms with Gasteiger partial charge in [0.25, 0.3) is 0 Å². The number of carbonyl (C=O) groups is 2. The van der Waals surface area contributed by atoms with Gasteiger partial charge in [-0.25, -0.2) is 0 Å². The van der Waals surface area contributed by atoms with Crippen LogP contribution in [0.25, 0.3) is 0 Å². The van der Waals surface area contributed by atoms with Crippen LogP contribution in [0.4, 0.5) is 11.4 Å². The topological polar surface area (TPSA) is 52.7 Å². The molecule has 2 rings (SSSR count). The average molecular weight is 374 g/mol. The third-order valence-electron chi connectivity index (χ3n) is 4.67. The Bertz CT molecular complexity index is 685. The van der Waals surface area contributed by atoms with Crippen LogP contribution >= 0.6 is 0 Å². The third kappa shape index (κ3) is 5.98. The van der Waals surface area contributed by atoms with E-state index in [0.29, 0.717) is 24.9 Å². The van der Waals surface area contributed by atoms with E-state index in [1.165, 1.54) is 0 Å². The van der Waals surface area contributed by atoms with E-state index in [1.807, 2.05) is 71.8 Å². The molecule has 5 heteroatoms. The minimum Gasteiger partial charge on any atom is -0.377 e. The van der Waals surface area contributed by atoms with E-state index in [1.54, 1.807) is 0 Å². The van der Waals surface area contributed by atoms with Gasteiger partial charge in [-0.05, 0) is 42.5 Å². The van der Waals surface area contributed by atoms with Gasteiger partial charge in [0.15, 0.2) is 0 Å². The zero-order chi connectivity index (χ0) is 20.4. The van der Waals surface area contributed by atoms with Gasteiger partial charge in [0.1, 0.15) is 0 Å². The predicted octanol–water partition coefficient (Wildman–Crippen LogP) is 4.27. The second-order valence-corrected chi connectivity index (χ2v) is 9.30. The predicted molar refractivity (Wildman–Crippen MR) is 112 cm³/mol. The molecule has 0 atom stereocenters. The van der Waals surface area contributed by atoms with Gasteiger partial charge in [0.05, 0.1) is 0 Å². The van der Waals surface area contributed by atoms with Crippen LogP contribution in [0.1, 0.15) is 59.4 Å². The normalized spacial score (nSPS) is 14.2. The maximum atomic E-state index is 13.0. The second kappa shape index (κ2) is 8.32. The van der Waals surface area contributed by atoms with E-state index in [2.05, 4.69) is 10.2 Å². The van der Waals surface area contributed by atoms with Gasteiger partial charge in [0.2, 0.25) is 11.8 Å². The van der Waals surface area contributed by atoms with E-state index in [9.17, 15) is 9.59 Å². The molecule has 1 aromatic carbocycles. The fourth-order valence-corrected chi connectivity index (χ4v) is 3.18. The van der Waals surface area contributed by atoms with Crippen LogP contribution in [0.5, 0.6) is 0 Å². The van der Waals surface area contributed by atoms with Crippen molar-refractivity contribution >= 4 is 23.2 Å². The fourth-order valence-electron chi connectivity index (χ4n) is 3.18. The molecule has 27 heavy (non-hydrogen) atoms. The van der Waals surface area contributed by atoms with Crippen LogP contribution in [0, 0.1) is 11.3 Å². The number of hydrogen-bond acceptors (Lipinski definition) is 3. The second-order valence-electron chi connectivity index (χ2n) is 9.30. The van der Waals surface area contributed by atoms with Crippen LogP contribution in [0.3, 0.4) is 0 Å². The molecule has 1 aromatic rings. The number of nitrogens with one attached hydrogen (secondary N) is 1. The molecular formula is C22H35N3O2. The molecule has 2 amide bonds. The monoisotopic (exact) mass is 373 g/mol. The van der Waals surface area contributed by atoms with E-state index in [4.69, 9.17) is 0 Å². The summed E-state index contributed by atoms with van der Waals surface area (Å²) in [6.07, 6.45) is 2.65. The largest absolute Gasteiger partial charge is 0.377 e. The molecule has 1 aliphatic rings. The molecule has 1 fully saturated rings. The Morgan fingerprint density at radius 3 is 2.30 bits per heavy atom. The van der Waals surface area contributed by atoms with E-state index < -0.39 is 5.41 Å². The van der Waals surface area contributed by atoms with Crippen molar-refractivity contribution in [2.24, 2.45) is 11.3 Å². The lowest BCUT2D eigenvalue weighted by molar-refractivity contribution is -0.140. The highest BCUT2D eigenvalue weighted by Crippen LogP contribution is 2.34. The fraction of sp³-hybridized carbons (Fsp3) is 0.636. The van der Waals surface area contributed by atoms with Crippen LogP contribution in [0.15, 0.2) is 18.2 Å². The lowest BCUT2D eigenvalue weighted by Crippen LogP contribution is -2.40. The first-order valence-corrected chi connectivity index (χ1v) is 9.90. The highest BCUT2D eigenvalue weighted by atomic mass is 16.2. The Hall–Kier alpha value is -2.04. The van der Waals surface area contributed by atoms with Crippen molar-refractivity contribution in [1.82, 2.24) is 4.90 Å². The van der Waals surface area contributed by atoms with Crippen molar-refractivity contribution in [2.75, 3.05) is 24.3 Å². The van der Waals surface area contributed by atoms with E-state index in [-0.39, 0.29) is 11.8 Å². The summed E-state index contributed by atoms with van der Waals surface area (Å²) in [4.78, 5) is 29.2. The Morgan fingerprint density at radius 1 is 1.19 bits per heavy atom. The molecule has 0 bridgehead atoms. The van der Waals surface area contributed by atoms with Crippen molar-refractivity contribution in [3.8, 4) is 0 Å². The van der Waals surface area contributed by atoms with Crippen LogP contribution in [-0.4, -0.2) is 36.9 Å². The number of hydrogen-bond donors (Lipinski definition) is 1. The Labute approximate surface area is 164 Å². The quantitative estimate of drug-likeness (QED) is 0.776. The molecule has 0 unspecified atom stereocenters. The minimum absolute atomic E-state index is 0.0263. The van der Waals surface area contributed by atoms with E-state index in [0.717, 1.165) is 29.8 Å². The lowest BCUT2D eigenvalue weighted by Gasteiger charge is -2.31. The average Bonchev–Trinajstić information content (AvgIpc) is 3.34. The molecule has 150 valence electrons. The van der Waals surface area contributed by atoms with Crippen molar-refractivity contribution in [2.45, 2.75) is 66.5 Å². The maximum Gasteiger partial charge on any atom is 0.228 e. The highest BCUT2D eigenvalue weighted by molar-refractivity contribution is 5.91. The third-order valence-corrected chi connectivity index (χ3v) is 4.67. The summed E-state index contributed by atoms with van der Waals surface area (Å²) in [6.45, 7) is 10.6. The van der Waals surface area contributed by atoms with Gasteiger partial charge in [-0.1, -0.05) is 34.6 Å². The van der Waals surface area contributed by atoms with Crippen molar-refractivity contribution in [3.63, 3.8) is 0 Å². The van der Waals surface area contributed by atoms with Crippen LogP contribution in [-0.2, 0) is 16.1 Å². The zero-order valence-corrected chi connectivity index (χ0v) is 17.9. The number of rotatable bonds is 7. The molecule has 1 saturated carbocycles. The smallest absolute Gasteiger partial charge is 0.228 e.